The van der Waals surface area contributed by atoms with E-state index < -0.39 is 5.97 Å². The van der Waals surface area contributed by atoms with Crippen LogP contribution in [0.25, 0.3) is 39.1 Å². The third-order valence-electron chi connectivity index (χ3n) is 5.80. The number of H-pyrrole nitrogens is 1. The van der Waals surface area contributed by atoms with Crippen molar-refractivity contribution in [2.75, 3.05) is 0 Å². The molecule has 2 heterocycles. The molecule has 0 unspecified atom stereocenters. The molecule has 0 saturated heterocycles. The van der Waals surface area contributed by atoms with Crippen LogP contribution in [-0.4, -0.2) is 21.3 Å². The highest BCUT2D eigenvalue weighted by Gasteiger charge is 2.15. The number of aliphatic carboxylic acids is 1. The first-order valence-corrected chi connectivity index (χ1v) is 10.8. The van der Waals surface area contributed by atoms with Gasteiger partial charge in [0.05, 0.1) is 18.0 Å². The Labute approximate surface area is 190 Å². The highest BCUT2D eigenvalue weighted by Crippen LogP contribution is 2.36. The van der Waals surface area contributed by atoms with Crippen LogP contribution in [0.4, 0.5) is 0 Å². The Bertz CT molecular complexity index is 1520. The first kappa shape index (κ1) is 20.5. The van der Waals surface area contributed by atoms with Crippen molar-refractivity contribution in [1.82, 2.24) is 10.2 Å². The van der Waals surface area contributed by atoms with Crippen molar-refractivity contribution in [3.63, 3.8) is 0 Å². The summed E-state index contributed by atoms with van der Waals surface area (Å²) in [6, 6.07) is 22.5. The van der Waals surface area contributed by atoms with Gasteiger partial charge in [0.2, 0.25) is 0 Å². The largest absolute Gasteiger partial charge is 0.478 e. The highest BCUT2D eigenvalue weighted by atomic mass is 16.4. The molecule has 5 heteroatoms. The number of aromatic amines is 1. The molecular weight excluding hydrogens is 412 g/mol. The second-order valence-corrected chi connectivity index (χ2v) is 7.85. The number of carbonyl (C=O) groups is 1. The molecule has 0 aliphatic carbocycles. The lowest BCUT2D eigenvalue weighted by atomic mass is 9.87. The number of benzene rings is 3. The average molecular weight is 434 g/mol. The van der Waals surface area contributed by atoms with Gasteiger partial charge in [-0.1, -0.05) is 43.3 Å². The van der Waals surface area contributed by atoms with Crippen molar-refractivity contribution >= 4 is 45.1 Å². The van der Waals surface area contributed by atoms with E-state index in [0.29, 0.717) is 0 Å². The van der Waals surface area contributed by atoms with Crippen molar-refractivity contribution in [2.24, 2.45) is 0 Å². The van der Waals surface area contributed by atoms with E-state index in [2.05, 4.69) is 41.4 Å². The molecule has 0 atom stereocenters. The zero-order valence-electron chi connectivity index (χ0n) is 18.1. The van der Waals surface area contributed by atoms with Gasteiger partial charge in [-0.05, 0) is 76.2 Å². The van der Waals surface area contributed by atoms with Crippen LogP contribution < -0.4 is 0 Å². The molecule has 5 aromatic rings. The lowest BCUT2D eigenvalue weighted by Gasteiger charge is -2.17. The Morgan fingerprint density at radius 1 is 0.970 bits per heavy atom. The van der Waals surface area contributed by atoms with Gasteiger partial charge in [0.1, 0.15) is 5.58 Å². The lowest BCUT2D eigenvalue weighted by Crippen LogP contribution is -1.95. The fourth-order valence-corrected chi connectivity index (χ4v) is 4.22. The molecular formula is C28H22N2O3. The van der Waals surface area contributed by atoms with Gasteiger partial charge in [-0.3, -0.25) is 5.10 Å². The maximum Gasteiger partial charge on any atom is 0.328 e. The van der Waals surface area contributed by atoms with Crippen molar-refractivity contribution in [2.45, 2.75) is 13.3 Å². The smallest absolute Gasteiger partial charge is 0.328 e. The normalized spacial score (nSPS) is 12.5. The molecule has 2 aromatic heterocycles. The summed E-state index contributed by atoms with van der Waals surface area (Å²) in [5, 5.41) is 18.2. The second kappa shape index (κ2) is 8.63. The van der Waals surface area contributed by atoms with E-state index in [1.807, 2.05) is 48.7 Å². The highest BCUT2D eigenvalue weighted by molar-refractivity contribution is 6.01. The number of allylic oxidation sites excluding steroid dienone is 1. The monoisotopic (exact) mass is 434 g/mol. The molecule has 5 nitrogen and oxygen atoms in total. The summed E-state index contributed by atoms with van der Waals surface area (Å²) in [6.45, 7) is 2.16. The van der Waals surface area contributed by atoms with Gasteiger partial charge in [0, 0.05) is 16.8 Å². The summed E-state index contributed by atoms with van der Waals surface area (Å²) in [5.74, 6) is -0.962. The minimum atomic E-state index is -0.962. The molecule has 162 valence electrons. The zero-order valence-corrected chi connectivity index (χ0v) is 18.1. The Morgan fingerprint density at radius 2 is 1.73 bits per heavy atom. The third-order valence-corrected chi connectivity index (χ3v) is 5.80. The van der Waals surface area contributed by atoms with Gasteiger partial charge in [0.25, 0.3) is 0 Å². The van der Waals surface area contributed by atoms with Gasteiger partial charge in [-0.2, -0.15) is 5.10 Å². The molecule has 5 rings (SSSR count). The standard InChI is InChI=1S/C28H22N2O3/c1-2-24(20-9-11-26-21(15-20)13-14-33-26)28(22-8-10-25-23(16-22)17-29-30-25)19-6-3-18(4-7-19)5-12-27(31)32/h3-17H,2H2,1H3,(H,29,30)(H,31,32). The number of hydrogen-bond acceptors (Lipinski definition) is 3. The summed E-state index contributed by atoms with van der Waals surface area (Å²) in [7, 11) is 0. The van der Waals surface area contributed by atoms with E-state index in [0.717, 1.165) is 62.2 Å². The Hall–Kier alpha value is -4.38. The molecule has 2 N–H and O–H groups in total. The average Bonchev–Trinajstić information content (AvgIpc) is 3.50. The minimum absolute atomic E-state index is 0.836. The predicted octanol–water partition coefficient (Wildman–Crippen LogP) is 6.78. The van der Waals surface area contributed by atoms with Crippen LogP contribution in [0.5, 0.6) is 0 Å². The number of fused-ring (bicyclic) bond motifs is 2. The quantitative estimate of drug-likeness (QED) is 0.228. The van der Waals surface area contributed by atoms with E-state index >= 15 is 0 Å². The van der Waals surface area contributed by atoms with Gasteiger partial charge < -0.3 is 9.52 Å². The molecule has 0 aliphatic rings. The molecule has 0 spiro atoms. The fraction of sp³-hybridized carbons (Fsp3) is 0.0714. The molecule has 33 heavy (non-hydrogen) atoms. The van der Waals surface area contributed by atoms with Crippen LogP contribution in [0.1, 0.15) is 35.6 Å². The van der Waals surface area contributed by atoms with Crippen LogP contribution in [0.3, 0.4) is 0 Å². The number of carboxylic acids is 1. The summed E-state index contributed by atoms with van der Waals surface area (Å²) in [4.78, 5) is 10.9. The number of furan rings is 1. The van der Waals surface area contributed by atoms with Crippen LogP contribution in [0.15, 0.2) is 89.7 Å². The molecule has 0 aliphatic heterocycles. The van der Waals surface area contributed by atoms with Gasteiger partial charge in [0.15, 0.2) is 0 Å². The molecule has 0 fully saturated rings. The number of rotatable bonds is 6. The van der Waals surface area contributed by atoms with Gasteiger partial charge >= 0.3 is 5.97 Å². The van der Waals surface area contributed by atoms with E-state index in [-0.39, 0.29) is 0 Å². The second-order valence-electron chi connectivity index (χ2n) is 7.85. The maximum atomic E-state index is 10.9. The first-order valence-electron chi connectivity index (χ1n) is 10.8. The maximum absolute atomic E-state index is 10.9. The molecule has 0 radical (unpaired) electrons. The zero-order chi connectivity index (χ0) is 22.8. The Kier molecular flexibility index (Phi) is 5.37. The SMILES string of the molecule is CCC(=C(c1ccc(C=CC(=O)O)cc1)c1ccc2[nH]ncc2c1)c1ccc2occc2c1. The van der Waals surface area contributed by atoms with Crippen molar-refractivity contribution in [3.05, 3.63) is 108 Å². The Morgan fingerprint density at radius 3 is 2.52 bits per heavy atom. The van der Waals surface area contributed by atoms with E-state index in [9.17, 15) is 4.79 Å². The first-order chi connectivity index (χ1) is 16.1. The van der Waals surface area contributed by atoms with Gasteiger partial charge in [-0.15, -0.1) is 0 Å². The number of carboxylic acid groups (broad SMARTS) is 1. The fourth-order valence-electron chi connectivity index (χ4n) is 4.22. The van der Waals surface area contributed by atoms with Crippen molar-refractivity contribution in [3.8, 4) is 0 Å². The lowest BCUT2D eigenvalue weighted by molar-refractivity contribution is -0.131. The topological polar surface area (TPSA) is 79.1 Å². The van der Waals surface area contributed by atoms with Crippen LogP contribution in [-0.2, 0) is 4.79 Å². The summed E-state index contributed by atoms with van der Waals surface area (Å²) >= 11 is 0. The number of hydrogen-bond donors (Lipinski definition) is 2. The Balaban J connectivity index is 1.71. The van der Waals surface area contributed by atoms with E-state index in [4.69, 9.17) is 9.52 Å². The van der Waals surface area contributed by atoms with Crippen LogP contribution >= 0.6 is 0 Å². The third kappa shape index (κ3) is 4.08. The van der Waals surface area contributed by atoms with Crippen molar-refractivity contribution < 1.29 is 14.3 Å². The number of nitrogens with zero attached hydrogens (tertiary/aromatic N) is 1. The number of nitrogens with one attached hydrogen (secondary N) is 1. The van der Waals surface area contributed by atoms with Crippen molar-refractivity contribution in [1.29, 1.82) is 0 Å². The van der Waals surface area contributed by atoms with Gasteiger partial charge in [-0.25, -0.2) is 4.79 Å². The predicted molar refractivity (Wildman–Crippen MR) is 132 cm³/mol. The van der Waals surface area contributed by atoms with E-state index in [1.165, 1.54) is 5.57 Å². The molecule has 3 aromatic carbocycles. The molecule has 0 bridgehead atoms. The molecule has 0 saturated carbocycles. The van der Waals surface area contributed by atoms with Crippen LogP contribution in [0, 0.1) is 0 Å². The summed E-state index contributed by atoms with van der Waals surface area (Å²) in [6.07, 6.45) is 7.12. The summed E-state index contributed by atoms with van der Waals surface area (Å²) in [5.41, 5.74) is 8.35. The number of aromatic nitrogens is 2. The minimum Gasteiger partial charge on any atom is -0.478 e. The molecule has 0 amide bonds. The van der Waals surface area contributed by atoms with Crippen LogP contribution in [0.2, 0.25) is 0 Å². The summed E-state index contributed by atoms with van der Waals surface area (Å²) < 4.78 is 5.53. The van der Waals surface area contributed by atoms with E-state index in [1.54, 1.807) is 12.3 Å².